The number of nitrogens with zero attached hydrogens (tertiary/aromatic N) is 2. The molecule has 1 fully saturated rings. The van der Waals surface area contributed by atoms with Gasteiger partial charge in [-0.1, -0.05) is 0 Å². The van der Waals surface area contributed by atoms with Crippen LogP contribution in [0, 0.1) is 5.41 Å². The summed E-state index contributed by atoms with van der Waals surface area (Å²) >= 11 is 11.9. The summed E-state index contributed by atoms with van der Waals surface area (Å²) in [5, 5.41) is 6.83. The highest BCUT2D eigenvalue weighted by Gasteiger charge is 2.67. The topological polar surface area (TPSA) is 46.9 Å². The number of rotatable bonds is 3. The van der Waals surface area contributed by atoms with E-state index in [0.717, 1.165) is 6.54 Å². The Labute approximate surface area is 104 Å². The van der Waals surface area contributed by atoms with E-state index in [4.69, 9.17) is 23.2 Å². The summed E-state index contributed by atoms with van der Waals surface area (Å²) in [7, 11) is 0. The minimum atomic E-state index is -0.933. The molecule has 6 heteroatoms. The number of alkyl halides is 2. The molecule has 0 aromatic carbocycles. The highest BCUT2D eigenvalue weighted by molar-refractivity contribution is 6.53. The minimum Gasteiger partial charge on any atom is -0.323 e. The highest BCUT2D eigenvalue weighted by Crippen LogP contribution is 2.64. The van der Waals surface area contributed by atoms with Crippen molar-refractivity contribution < 1.29 is 4.79 Å². The van der Waals surface area contributed by atoms with Gasteiger partial charge in [-0.15, -0.1) is 23.2 Å². The first kappa shape index (κ1) is 11.7. The Hall–Kier alpha value is -0.740. The number of nitrogens with one attached hydrogen (secondary N) is 1. The number of aryl methyl sites for hydroxylation is 1. The van der Waals surface area contributed by atoms with Gasteiger partial charge in [-0.05, 0) is 20.3 Å². The molecule has 1 aromatic rings. The molecule has 1 atom stereocenters. The molecule has 16 heavy (non-hydrogen) atoms. The summed E-state index contributed by atoms with van der Waals surface area (Å²) in [6.45, 7) is 4.50. The van der Waals surface area contributed by atoms with Crippen molar-refractivity contribution in [1.29, 1.82) is 0 Å². The molecule has 88 valence electrons. The average molecular weight is 262 g/mol. The van der Waals surface area contributed by atoms with Gasteiger partial charge < -0.3 is 5.32 Å². The molecule has 1 amide bonds. The SMILES string of the molecule is CCn1cc(NC(=O)[C@]2(C)CC2(Cl)Cl)cn1. The van der Waals surface area contributed by atoms with Gasteiger partial charge in [0.1, 0.15) is 4.33 Å². The molecular formula is C10H13Cl2N3O. The van der Waals surface area contributed by atoms with E-state index in [1.54, 1.807) is 24.0 Å². The number of amides is 1. The Balaban J connectivity index is 2.04. The first-order chi connectivity index (χ1) is 7.39. The molecule has 1 saturated carbocycles. The van der Waals surface area contributed by atoms with Crippen molar-refractivity contribution in [2.24, 2.45) is 5.41 Å². The molecule has 0 bridgehead atoms. The molecule has 1 aromatic heterocycles. The Kier molecular flexibility index (Phi) is 2.67. The third-order valence-electron chi connectivity index (χ3n) is 2.97. The van der Waals surface area contributed by atoms with Crippen LogP contribution in [0.1, 0.15) is 20.3 Å². The lowest BCUT2D eigenvalue weighted by Crippen LogP contribution is -2.25. The fraction of sp³-hybridized carbons (Fsp3) is 0.600. The predicted molar refractivity (Wildman–Crippen MR) is 63.7 cm³/mol. The summed E-state index contributed by atoms with van der Waals surface area (Å²) in [5.74, 6) is -0.159. The zero-order chi connectivity index (χ0) is 12.0. The Bertz CT molecular complexity index is 429. The predicted octanol–water partition coefficient (Wildman–Crippen LogP) is 2.43. The number of carbonyl (C=O) groups excluding carboxylic acids is 1. The van der Waals surface area contributed by atoms with Crippen molar-refractivity contribution >= 4 is 34.8 Å². The third-order valence-corrected chi connectivity index (χ3v) is 4.08. The van der Waals surface area contributed by atoms with Crippen LogP contribution in [-0.4, -0.2) is 20.0 Å². The fourth-order valence-electron chi connectivity index (χ4n) is 1.52. The molecule has 0 unspecified atom stereocenters. The number of halogens is 2. The maximum atomic E-state index is 11.9. The van der Waals surface area contributed by atoms with E-state index < -0.39 is 9.75 Å². The van der Waals surface area contributed by atoms with E-state index in [-0.39, 0.29) is 5.91 Å². The molecule has 4 nitrogen and oxygen atoms in total. The van der Waals surface area contributed by atoms with Crippen molar-refractivity contribution in [2.75, 3.05) is 5.32 Å². The first-order valence-electron chi connectivity index (χ1n) is 5.11. The number of anilines is 1. The van der Waals surface area contributed by atoms with Crippen LogP contribution < -0.4 is 5.32 Å². The highest BCUT2D eigenvalue weighted by atomic mass is 35.5. The summed E-state index contributed by atoms with van der Waals surface area (Å²) in [6.07, 6.45) is 3.86. The van der Waals surface area contributed by atoms with Crippen LogP contribution in [0.4, 0.5) is 5.69 Å². The summed E-state index contributed by atoms with van der Waals surface area (Å²) < 4.78 is 0.803. The van der Waals surface area contributed by atoms with Crippen LogP contribution in [0.5, 0.6) is 0 Å². The van der Waals surface area contributed by atoms with Crippen LogP contribution in [0.15, 0.2) is 12.4 Å². The van der Waals surface area contributed by atoms with E-state index >= 15 is 0 Å². The molecule has 0 spiro atoms. The van der Waals surface area contributed by atoms with Crippen LogP contribution in [-0.2, 0) is 11.3 Å². The number of hydrogen-bond acceptors (Lipinski definition) is 2. The molecule has 1 aliphatic rings. The smallest absolute Gasteiger partial charge is 0.233 e. The molecule has 1 heterocycles. The van der Waals surface area contributed by atoms with Crippen LogP contribution in [0.2, 0.25) is 0 Å². The standard InChI is InChI=1S/C10H13Cl2N3O/c1-3-15-5-7(4-13-15)14-8(16)9(2)6-10(9,11)12/h4-5H,3,6H2,1-2H3,(H,14,16)/t9-/m0/s1. The summed E-state index contributed by atoms with van der Waals surface area (Å²) in [5.41, 5.74) is -0.0196. The van der Waals surface area contributed by atoms with Gasteiger partial charge >= 0.3 is 0 Å². The monoisotopic (exact) mass is 261 g/mol. The molecule has 2 rings (SSSR count). The molecule has 0 aliphatic heterocycles. The molecule has 1 aliphatic carbocycles. The molecule has 0 saturated heterocycles. The van der Waals surface area contributed by atoms with Crippen molar-refractivity contribution in [3.8, 4) is 0 Å². The minimum absolute atomic E-state index is 0.159. The zero-order valence-corrected chi connectivity index (χ0v) is 10.6. The van der Waals surface area contributed by atoms with Crippen molar-refractivity contribution in [1.82, 2.24) is 9.78 Å². The van der Waals surface area contributed by atoms with E-state index in [1.165, 1.54) is 0 Å². The van der Waals surface area contributed by atoms with Gasteiger partial charge in [0, 0.05) is 12.7 Å². The quantitative estimate of drug-likeness (QED) is 0.850. The normalized spacial score (nSPS) is 26.5. The van der Waals surface area contributed by atoms with E-state index in [9.17, 15) is 4.79 Å². The van der Waals surface area contributed by atoms with Gasteiger partial charge in [-0.2, -0.15) is 5.10 Å². The number of hydrogen-bond donors (Lipinski definition) is 1. The zero-order valence-electron chi connectivity index (χ0n) is 9.13. The summed E-state index contributed by atoms with van der Waals surface area (Å²) in [6, 6.07) is 0. The van der Waals surface area contributed by atoms with Gasteiger partial charge in [-0.3, -0.25) is 9.48 Å². The lowest BCUT2D eigenvalue weighted by atomic mass is 10.1. The van der Waals surface area contributed by atoms with Gasteiger partial charge in [0.05, 0.1) is 17.3 Å². The average Bonchev–Trinajstić information content (AvgIpc) is 2.62. The summed E-state index contributed by atoms with van der Waals surface area (Å²) in [4.78, 5) is 11.9. The van der Waals surface area contributed by atoms with Crippen molar-refractivity contribution in [3.05, 3.63) is 12.4 Å². The third kappa shape index (κ3) is 1.80. The maximum absolute atomic E-state index is 11.9. The van der Waals surface area contributed by atoms with E-state index in [1.807, 2.05) is 6.92 Å². The van der Waals surface area contributed by atoms with Crippen LogP contribution in [0.25, 0.3) is 0 Å². The fourth-order valence-corrected chi connectivity index (χ4v) is 2.22. The lowest BCUT2D eigenvalue weighted by Gasteiger charge is -2.10. The van der Waals surface area contributed by atoms with Gasteiger partial charge in [0.15, 0.2) is 0 Å². The lowest BCUT2D eigenvalue weighted by molar-refractivity contribution is -0.120. The second kappa shape index (κ2) is 3.64. The largest absolute Gasteiger partial charge is 0.323 e. The number of aromatic nitrogens is 2. The van der Waals surface area contributed by atoms with E-state index in [0.29, 0.717) is 12.1 Å². The van der Waals surface area contributed by atoms with Gasteiger partial charge in [0.25, 0.3) is 0 Å². The second-order valence-electron chi connectivity index (χ2n) is 4.25. The molecule has 0 radical (unpaired) electrons. The molecule has 1 N–H and O–H groups in total. The van der Waals surface area contributed by atoms with Crippen molar-refractivity contribution in [3.63, 3.8) is 0 Å². The molecular weight excluding hydrogens is 249 g/mol. The van der Waals surface area contributed by atoms with Crippen LogP contribution in [0.3, 0.4) is 0 Å². The van der Waals surface area contributed by atoms with Crippen molar-refractivity contribution in [2.45, 2.75) is 31.1 Å². The van der Waals surface area contributed by atoms with Gasteiger partial charge in [-0.25, -0.2) is 0 Å². The Morgan fingerprint density at radius 1 is 1.69 bits per heavy atom. The van der Waals surface area contributed by atoms with Gasteiger partial charge in [0.2, 0.25) is 5.91 Å². The number of carbonyl (C=O) groups is 1. The van der Waals surface area contributed by atoms with E-state index in [2.05, 4.69) is 10.4 Å². The Morgan fingerprint density at radius 2 is 2.31 bits per heavy atom. The van der Waals surface area contributed by atoms with Crippen LogP contribution >= 0.6 is 23.2 Å². The first-order valence-corrected chi connectivity index (χ1v) is 5.86. The maximum Gasteiger partial charge on any atom is 0.233 e. The Morgan fingerprint density at radius 3 is 2.75 bits per heavy atom. The second-order valence-corrected chi connectivity index (χ2v) is 5.74.